The third-order valence-electron chi connectivity index (χ3n) is 3.64. The SMILES string of the molecule is CC(C)CCCCCS(CCCCCC(C)C)=P([O-])([O-])[S-].[Cu+3]. The second kappa shape index (κ2) is 14.9. The Bertz CT molecular complexity index is 289. The van der Waals surface area contributed by atoms with Gasteiger partial charge in [-0.1, -0.05) is 66.2 Å². The Labute approximate surface area is 157 Å². The molecular formula is C16H34CuO2PS2. The van der Waals surface area contributed by atoms with Crippen LogP contribution in [0.3, 0.4) is 0 Å². The largest absolute Gasteiger partial charge is 3.00 e. The fourth-order valence-electron chi connectivity index (χ4n) is 2.32. The molecule has 0 aromatic carbocycles. The Morgan fingerprint density at radius 2 is 1.14 bits per heavy atom. The second-order valence-corrected chi connectivity index (χ2v) is 14.6. The summed E-state index contributed by atoms with van der Waals surface area (Å²) < 4.78 is 0. The number of hydrogen-bond donors (Lipinski definition) is 0. The first kappa shape index (κ1) is 25.8. The fourth-order valence-corrected chi connectivity index (χ4v) is 7.51. The molecule has 0 saturated heterocycles. The molecule has 6 heteroatoms. The molecule has 0 fully saturated rings. The molecule has 0 aromatic rings. The van der Waals surface area contributed by atoms with E-state index in [0.717, 1.165) is 49.0 Å². The van der Waals surface area contributed by atoms with Crippen molar-refractivity contribution in [3.05, 3.63) is 0 Å². The summed E-state index contributed by atoms with van der Waals surface area (Å²) in [5.41, 5.74) is -3.55. The molecule has 0 aromatic heterocycles. The van der Waals surface area contributed by atoms with Gasteiger partial charge in [0.15, 0.2) is 0 Å². The van der Waals surface area contributed by atoms with Crippen molar-refractivity contribution in [1.82, 2.24) is 0 Å². The molecule has 0 atom stereocenters. The molecule has 0 N–H and O–H groups in total. The topological polar surface area (TPSA) is 46.1 Å². The van der Waals surface area contributed by atoms with Crippen molar-refractivity contribution >= 4 is 28.0 Å². The molecule has 0 amide bonds. The number of unbranched alkanes of at least 4 members (excludes halogenated alkanes) is 4. The van der Waals surface area contributed by atoms with E-state index in [1.54, 1.807) is 0 Å². The molecule has 0 aliphatic carbocycles. The van der Waals surface area contributed by atoms with E-state index >= 15 is 0 Å². The van der Waals surface area contributed by atoms with E-state index in [4.69, 9.17) is 12.2 Å². The van der Waals surface area contributed by atoms with Gasteiger partial charge >= 0.3 is 17.1 Å². The van der Waals surface area contributed by atoms with Gasteiger partial charge < -0.3 is 27.7 Å². The third kappa shape index (κ3) is 16.4. The summed E-state index contributed by atoms with van der Waals surface area (Å²) in [4.78, 5) is 23.5. The molecule has 0 aliphatic heterocycles. The van der Waals surface area contributed by atoms with Crippen molar-refractivity contribution in [3.8, 4) is 0 Å². The quantitative estimate of drug-likeness (QED) is 0.209. The zero-order valence-electron chi connectivity index (χ0n) is 14.6. The normalized spacial score (nSPS) is 12.3. The molecule has 0 spiro atoms. The van der Waals surface area contributed by atoms with Gasteiger partial charge in [-0.25, -0.2) is 10.1 Å². The maximum absolute atomic E-state index is 11.7. The van der Waals surface area contributed by atoms with Crippen molar-refractivity contribution in [1.29, 1.82) is 0 Å². The van der Waals surface area contributed by atoms with Gasteiger partial charge in [-0.2, -0.15) is 0 Å². The molecule has 0 bridgehead atoms. The summed E-state index contributed by atoms with van der Waals surface area (Å²) in [5.74, 6) is 3.08. The minimum atomic E-state index is -3.55. The minimum Gasteiger partial charge on any atom is -0.854 e. The van der Waals surface area contributed by atoms with E-state index in [9.17, 15) is 9.79 Å². The van der Waals surface area contributed by atoms with Crippen LogP contribution in [0, 0.1) is 11.8 Å². The maximum Gasteiger partial charge on any atom is 3.00 e. The van der Waals surface area contributed by atoms with Gasteiger partial charge in [0.25, 0.3) is 0 Å². The summed E-state index contributed by atoms with van der Waals surface area (Å²) in [7, 11) is -0.555. The van der Waals surface area contributed by atoms with Crippen LogP contribution in [0.15, 0.2) is 0 Å². The van der Waals surface area contributed by atoms with Crippen LogP contribution >= 0.6 is 5.69 Å². The van der Waals surface area contributed by atoms with E-state index in [1.807, 2.05) is 0 Å². The molecule has 0 rings (SSSR count). The Morgan fingerprint density at radius 1 is 0.773 bits per heavy atom. The van der Waals surface area contributed by atoms with Crippen LogP contribution in [0.1, 0.15) is 79.1 Å². The van der Waals surface area contributed by atoms with E-state index in [0.29, 0.717) is 0 Å². The third-order valence-corrected chi connectivity index (χ3v) is 10.7. The van der Waals surface area contributed by atoms with Crippen LogP contribution in [0.4, 0.5) is 0 Å². The summed E-state index contributed by atoms with van der Waals surface area (Å²) in [5, 5.41) is 0. The fraction of sp³-hybridized carbons (Fsp3) is 1.00. The summed E-state index contributed by atoms with van der Waals surface area (Å²) in [6.07, 6.45) is 9.23. The summed E-state index contributed by atoms with van der Waals surface area (Å²) >= 11 is 4.76. The average Bonchev–Trinajstić information content (AvgIpc) is 2.33. The standard InChI is InChI=1S/C16H34O2PS2.Cu/c1-15(2)11-7-5-9-13-21(19(17,18)20)14-10-6-8-12-16(3)4;/h15-16H,5-14H2,1-4H3;/q-3;+3. The van der Waals surface area contributed by atoms with Gasteiger partial charge in [0, 0.05) is 0 Å². The molecule has 0 unspecified atom stereocenters. The molecular weight excluding hydrogens is 383 g/mol. The predicted octanol–water partition coefficient (Wildman–Crippen LogP) is 3.98. The Kier molecular flexibility index (Phi) is 17.4. The average molecular weight is 417 g/mol. The Balaban J connectivity index is 0. The Morgan fingerprint density at radius 3 is 1.41 bits per heavy atom. The molecule has 138 valence electrons. The van der Waals surface area contributed by atoms with Crippen LogP contribution in [-0.2, 0) is 39.4 Å². The van der Waals surface area contributed by atoms with E-state index < -0.39 is 15.8 Å². The number of hydrogen-bond acceptors (Lipinski definition) is 3. The number of rotatable bonds is 12. The first-order valence-corrected chi connectivity index (χ1v) is 13.2. The van der Waals surface area contributed by atoms with Crippen LogP contribution in [0.5, 0.6) is 0 Å². The van der Waals surface area contributed by atoms with Crippen LogP contribution in [0.25, 0.3) is 0 Å². The zero-order valence-corrected chi connectivity index (χ0v) is 18.1. The van der Waals surface area contributed by atoms with Gasteiger partial charge in [-0.3, -0.25) is 0 Å². The minimum absolute atomic E-state index is 0. The van der Waals surface area contributed by atoms with Crippen molar-refractivity contribution in [2.24, 2.45) is 11.8 Å². The Hall–Kier alpha value is 1.57. The monoisotopic (exact) mass is 416 g/mol. The first-order valence-electron chi connectivity index (χ1n) is 8.43. The smallest absolute Gasteiger partial charge is 0.854 e. The second-order valence-electron chi connectivity index (χ2n) is 6.80. The van der Waals surface area contributed by atoms with E-state index in [-0.39, 0.29) is 17.1 Å². The van der Waals surface area contributed by atoms with Gasteiger partial charge in [0.1, 0.15) is 0 Å². The van der Waals surface area contributed by atoms with Crippen molar-refractivity contribution in [2.75, 3.05) is 11.5 Å². The molecule has 0 saturated carbocycles. The van der Waals surface area contributed by atoms with Gasteiger partial charge in [-0.05, 0) is 36.2 Å². The van der Waals surface area contributed by atoms with Crippen molar-refractivity contribution in [3.63, 3.8) is 0 Å². The van der Waals surface area contributed by atoms with Crippen molar-refractivity contribution < 1.29 is 26.9 Å². The summed E-state index contributed by atoms with van der Waals surface area (Å²) in [6, 6.07) is 0. The molecule has 0 radical (unpaired) electrons. The van der Waals surface area contributed by atoms with Gasteiger partial charge in [0.05, 0.1) is 0 Å². The summed E-state index contributed by atoms with van der Waals surface area (Å²) in [6.45, 7) is 8.93. The molecule has 0 heterocycles. The van der Waals surface area contributed by atoms with Crippen molar-refractivity contribution in [2.45, 2.75) is 79.1 Å². The van der Waals surface area contributed by atoms with E-state index in [1.165, 1.54) is 25.7 Å². The van der Waals surface area contributed by atoms with Crippen LogP contribution in [0.2, 0.25) is 0 Å². The first-order chi connectivity index (χ1) is 9.73. The molecule has 2 nitrogen and oxygen atoms in total. The van der Waals surface area contributed by atoms with Crippen LogP contribution in [-0.4, -0.2) is 11.5 Å². The predicted molar refractivity (Wildman–Crippen MR) is 98.0 cm³/mol. The van der Waals surface area contributed by atoms with Gasteiger partial charge in [0.2, 0.25) is 0 Å². The van der Waals surface area contributed by atoms with E-state index in [2.05, 4.69) is 27.7 Å². The molecule has 22 heavy (non-hydrogen) atoms. The zero-order chi connectivity index (χ0) is 16.3. The van der Waals surface area contributed by atoms with Crippen LogP contribution < -0.4 is 9.79 Å². The van der Waals surface area contributed by atoms with Gasteiger partial charge in [-0.15, -0.1) is 0 Å². The maximum atomic E-state index is 11.7. The molecule has 0 aliphatic rings.